The molecule has 0 unspecified atom stereocenters. The Balaban J connectivity index is 2.11. The van der Waals surface area contributed by atoms with Crippen molar-refractivity contribution in [2.45, 2.75) is 12.8 Å². The fraction of sp³-hybridized carbons (Fsp3) is 0.333. The smallest absolute Gasteiger partial charge is 0.307 e. The van der Waals surface area contributed by atoms with Gasteiger partial charge in [-0.15, -0.1) is 0 Å². The fourth-order valence-electron chi connectivity index (χ4n) is 1.92. The predicted molar refractivity (Wildman–Crippen MR) is 59.2 cm³/mol. The topological polar surface area (TPSA) is 57.6 Å². The van der Waals surface area contributed by atoms with E-state index in [2.05, 4.69) is 0 Å². The van der Waals surface area contributed by atoms with Crippen LogP contribution >= 0.6 is 0 Å². The summed E-state index contributed by atoms with van der Waals surface area (Å²) >= 11 is 0. The lowest BCUT2D eigenvalue weighted by Gasteiger charge is -2.29. The zero-order valence-corrected chi connectivity index (χ0v) is 8.80. The zero-order chi connectivity index (χ0) is 11.5. The maximum Gasteiger partial charge on any atom is 0.307 e. The van der Waals surface area contributed by atoms with Crippen molar-refractivity contribution < 1.29 is 14.7 Å². The summed E-state index contributed by atoms with van der Waals surface area (Å²) in [6.07, 6.45) is 0.625. The molecule has 84 valence electrons. The lowest BCUT2D eigenvalue weighted by atomic mass is 9.96. The van der Waals surface area contributed by atoms with Crippen LogP contribution in [0.15, 0.2) is 30.3 Å². The molecule has 1 aromatic carbocycles. The Kier molecular flexibility index (Phi) is 2.90. The van der Waals surface area contributed by atoms with Gasteiger partial charge in [0.25, 0.3) is 0 Å². The molecule has 1 aliphatic heterocycles. The normalized spacial score (nSPS) is 20.9. The second-order valence-electron chi connectivity index (χ2n) is 3.91. The molecule has 1 atom stereocenters. The lowest BCUT2D eigenvalue weighted by molar-refractivity contribution is -0.144. The Morgan fingerprint density at radius 1 is 1.31 bits per heavy atom. The van der Waals surface area contributed by atoms with E-state index in [1.807, 2.05) is 30.3 Å². The van der Waals surface area contributed by atoms with Crippen LogP contribution in [0.2, 0.25) is 0 Å². The monoisotopic (exact) mass is 219 g/mol. The number of carboxylic acid groups (broad SMARTS) is 1. The molecule has 4 heteroatoms. The van der Waals surface area contributed by atoms with Crippen molar-refractivity contribution in [3.05, 3.63) is 30.3 Å². The molecule has 0 aliphatic carbocycles. The van der Waals surface area contributed by atoms with E-state index in [0.29, 0.717) is 13.0 Å². The van der Waals surface area contributed by atoms with Crippen LogP contribution in [0.4, 0.5) is 5.69 Å². The number of hydrogen-bond donors (Lipinski definition) is 1. The van der Waals surface area contributed by atoms with E-state index in [-0.39, 0.29) is 12.3 Å². The third-order valence-electron chi connectivity index (χ3n) is 2.84. The Morgan fingerprint density at radius 3 is 2.56 bits per heavy atom. The van der Waals surface area contributed by atoms with Crippen LogP contribution in [-0.4, -0.2) is 23.5 Å². The number of rotatable bonds is 2. The van der Waals surface area contributed by atoms with Gasteiger partial charge in [0.2, 0.25) is 5.91 Å². The molecule has 0 radical (unpaired) electrons. The average Bonchev–Trinajstić information content (AvgIpc) is 2.30. The highest BCUT2D eigenvalue weighted by Crippen LogP contribution is 2.24. The summed E-state index contributed by atoms with van der Waals surface area (Å²) in [4.78, 5) is 24.2. The number of aliphatic carboxylic acids is 1. The molecule has 0 bridgehead atoms. The first-order valence-corrected chi connectivity index (χ1v) is 5.26. The molecule has 1 N–H and O–H groups in total. The number of carboxylic acids is 1. The Labute approximate surface area is 93.5 Å². The van der Waals surface area contributed by atoms with Gasteiger partial charge in [0.15, 0.2) is 0 Å². The summed E-state index contributed by atoms with van der Waals surface area (Å²) in [6.45, 7) is 0.486. The summed E-state index contributed by atoms with van der Waals surface area (Å²) in [5, 5.41) is 8.84. The molecule has 1 amide bonds. The van der Waals surface area contributed by atoms with Gasteiger partial charge >= 0.3 is 5.97 Å². The highest BCUT2D eigenvalue weighted by atomic mass is 16.4. The highest BCUT2D eigenvalue weighted by molar-refractivity contribution is 5.96. The number of para-hydroxylation sites is 1. The van der Waals surface area contributed by atoms with Gasteiger partial charge in [0.05, 0.1) is 5.92 Å². The van der Waals surface area contributed by atoms with E-state index < -0.39 is 11.9 Å². The number of anilines is 1. The molecular formula is C12H13NO3. The number of amides is 1. The van der Waals surface area contributed by atoms with E-state index >= 15 is 0 Å². The Hall–Kier alpha value is -1.84. The molecule has 1 fully saturated rings. The number of nitrogens with zero attached hydrogens (tertiary/aromatic N) is 1. The molecule has 0 saturated carbocycles. The van der Waals surface area contributed by atoms with Gasteiger partial charge in [-0.05, 0) is 18.6 Å². The predicted octanol–water partition coefficient (Wildman–Crippen LogP) is 1.51. The van der Waals surface area contributed by atoms with E-state index in [1.54, 1.807) is 4.90 Å². The van der Waals surface area contributed by atoms with E-state index in [4.69, 9.17) is 5.11 Å². The molecular weight excluding hydrogens is 206 g/mol. The van der Waals surface area contributed by atoms with Gasteiger partial charge in [-0.25, -0.2) is 0 Å². The van der Waals surface area contributed by atoms with Crippen molar-refractivity contribution >= 4 is 17.6 Å². The SMILES string of the molecule is O=C(O)[C@H]1CCN(c2ccccc2)C(=O)C1. The van der Waals surface area contributed by atoms with Crippen molar-refractivity contribution in [3.8, 4) is 0 Å². The van der Waals surface area contributed by atoms with Crippen molar-refractivity contribution in [2.24, 2.45) is 5.92 Å². The summed E-state index contributed by atoms with van der Waals surface area (Å²) < 4.78 is 0. The second kappa shape index (κ2) is 4.35. The van der Waals surface area contributed by atoms with Gasteiger partial charge < -0.3 is 10.0 Å². The highest BCUT2D eigenvalue weighted by Gasteiger charge is 2.30. The molecule has 0 spiro atoms. The minimum atomic E-state index is -0.874. The third-order valence-corrected chi connectivity index (χ3v) is 2.84. The first kappa shape index (κ1) is 10.7. The molecule has 1 saturated heterocycles. The van der Waals surface area contributed by atoms with Crippen LogP contribution in [0.3, 0.4) is 0 Å². The van der Waals surface area contributed by atoms with Crippen molar-refractivity contribution in [3.63, 3.8) is 0 Å². The molecule has 1 aromatic rings. The largest absolute Gasteiger partial charge is 0.481 e. The van der Waals surface area contributed by atoms with Gasteiger partial charge in [-0.3, -0.25) is 9.59 Å². The molecule has 4 nitrogen and oxygen atoms in total. The number of piperidine rings is 1. The molecule has 0 aromatic heterocycles. The number of carbonyl (C=O) groups is 2. The summed E-state index contributed by atoms with van der Waals surface area (Å²) in [5.41, 5.74) is 0.844. The fourth-order valence-corrected chi connectivity index (χ4v) is 1.92. The Bertz CT molecular complexity index is 402. The summed E-state index contributed by atoms with van der Waals surface area (Å²) in [7, 11) is 0. The van der Waals surface area contributed by atoms with Gasteiger partial charge in [-0.2, -0.15) is 0 Å². The van der Waals surface area contributed by atoms with E-state index in [9.17, 15) is 9.59 Å². The van der Waals surface area contributed by atoms with Crippen molar-refractivity contribution in [1.82, 2.24) is 0 Å². The average molecular weight is 219 g/mol. The lowest BCUT2D eigenvalue weighted by Crippen LogP contribution is -2.40. The standard InChI is InChI=1S/C12H13NO3/c14-11-8-9(12(15)16)6-7-13(11)10-4-2-1-3-5-10/h1-5,9H,6-8H2,(H,15,16)/t9-/m0/s1. The van der Waals surface area contributed by atoms with Gasteiger partial charge in [0, 0.05) is 18.7 Å². The quantitative estimate of drug-likeness (QED) is 0.820. The van der Waals surface area contributed by atoms with Crippen LogP contribution in [0.5, 0.6) is 0 Å². The maximum atomic E-state index is 11.8. The van der Waals surface area contributed by atoms with Gasteiger partial charge in [-0.1, -0.05) is 18.2 Å². The molecule has 16 heavy (non-hydrogen) atoms. The first-order chi connectivity index (χ1) is 7.68. The van der Waals surface area contributed by atoms with Crippen LogP contribution in [0.1, 0.15) is 12.8 Å². The Morgan fingerprint density at radius 2 is 2.00 bits per heavy atom. The second-order valence-corrected chi connectivity index (χ2v) is 3.91. The zero-order valence-electron chi connectivity index (χ0n) is 8.80. The summed E-state index contributed by atoms with van der Waals surface area (Å²) in [6, 6.07) is 9.34. The number of carbonyl (C=O) groups excluding carboxylic acids is 1. The first-order valence-electron chi connectivity index (χ1n) is 5.26. The van der Waals surface area contributed by atoms with Crippen molar-refractivity contribution in [1.29, 1.82) is 0 Å². The van der Waals surface area contributed by atoms with Gasteiger partial charge in [0.1, 0.15) is 0 Å². The van der Waals surface area contributed by atoms with E-state index in [0.717, 1.165) is 5.69 Å². The molecule has 2 rings (SSSR count). The van der Waals surface area contributed by atoms with Crippen LogP contribution in [0, 0.1) is 5.92 Å². The molecule has 1 heterocycles. The maximum absolute atomic E-state index is 11.8. The van der Waals surface area contributed by atoms with Crippen LogP contribution in [-0.2, 0) is 9.59 Å². The minimum Gasteiger partial charge on any atom is -0.481 e. The number of hydrogen-bond acceptors (Lipinski definition) is 2. The van der Waals surface area contributed by atoms with E-state index in [1.165, 1.54) is 0 Å². The van der Waals surface area contributed by atoms with Crippen LogP contribution in [0.25, 0.3) is 0 Å². The minimum absolute atomic E-state index is 0.101. The third kappa shape index (κ3) is 2.05. The van der Waals surface area contributed by atoms with Crippen molar-refractivity contribution in [2.75, 3.05) is 11.4 Å². The molecule has 1 aliphatic rings. The summed E-state index contributed by atoms with van der Waals surface area (Å²) in [5.74, 6) is -1.50. The number of benzene rings is 1. The van der Waals surface area contributed by atoms with Crippen LogP contribution < -0.4 is 4.90 Å².